The first-order chi connectivity index (χ1) is 4.16. The molecular formula is C7H18N2. The molecular weight excluding hydrogens is 112 g/mol. The molecule has 0 aromatic heterocycles. The van der Waals surface area contributed by atoms with Crippen LogP contribution in [0.25, 0.3) is 0 Å². The SMILES string of the molecule is CCCN(N)CC(C)C. The molecule has 56 valence electrons. The highest BCUT2D eigenvalue weighted by molar-refractivity contribution is 4.50. The number of rotatable bonds is 4. The maximum absolute atomic E-state index is 5.62. The van der Waals surface area contributed by atoms with Crippen molar-refractivity contribution in [1.82, 2.24) is 5.01 Å². The first kappa shape index (κ1) is 8.92. The van der Waals surface area contributed by atoms with Crippen LogP contribution in [0.4, 0.5) is 0 Å². The summed E-state index contributed by atoms with van der Waals surface area (Å²) in [5.41, 5.74) is 0. The molecule has 0 spiro atoms. The van der Waals surface area contributed by atoms with E-state index in [9.17, 15) is 0 Å². The Morgan fingerprint density at radius 1 is 1.44 bits per heavy atom. The lowest BCUT2D eigenvalue weighted by molar-refractivity contribution is 0.252. The number of hydrogen-bond donors (Lipinski definition) is 1. The highest BCUT2D eigenvalue weighted by atomic mass is 15.4. The zero-order valence-electron chi connectivity index (χ0n) is 6.72. The Labute approximate surface area is 58.0 Å². The fourth-order valence-electron chi connectivity index (χ4n) is 0.848. The predicted molar refractivity (Wildman–Crippen MR) is 40.9 cm³/mol. The van der Waals surface area contributed by atoms with Gasteiger partial charge in [0.25, 0.3) is 0 Å². The lowest BCUT2D eigenvalue weighted by Crippen LogP contribution is -2.34. The van der Waals surface area contributed by atoms with Gasteiger partial charge in [0, 0.05) is 13.1 Å². The second-order valence-electron chi connectivity index (χ2n) is 2.89. The smallest absolute Gasteiger partial charge is 0.0151 e. The highest BCUT2D eigenvalue weighted by Gasteiger charge is 1.98. The molecule has 0 unspecified atom stereocenters. The van der Waals surface area contributed by atoms with E-state index >= 15 is 0 Å². The second-order valence-corrected chi connectivity index (χ2v) is 2.89. The second kappa shape index (κ2) is 4.77. The van der Waals surface area contributed by atoms with Gasteiger partial charge in [0.1, 0.15) is 0 Å². The molecule has 2 N–H and O–H groups in total. The van der Waals surface area contributed by atoms with E-state index in [4.69, 9.17) is 5.84 Å². The van der Waals surface area contributed by atoms with Crippen LogP contribution < -0.4 is 5.84 Å². The molecule has 2 nitrogen and oxygen atoms in total. The van der Waals surface area contributed by atoms with Gasteiger partial charge in [-0.2, -0.15) is 0 Å². The molecule has 9 heavy (non-hydrogen) atoms. The van der Waals surface area contributed by atoms with Gasteiger partial charge in [-0.05, 0) is 12.3 Å². The van der Waals surface area contributed by atoms with E-state index in [1.165, 1.54) is 0 Å². The van der Waals surface area contributed by atoms with Crippen LogP contribution in [-0.4, -0.2) is 18.1 Å². The van der Waals surface area contributed by atoms with Gasteiger partial charge < -0.3 is 0 Å². The topological polar surface area (TPSA) is 29.3 Å². The minimum atomic E-state index is 0.682. The quantitative estimate of drug-likeness (QED) is 0.458. The third kappa shape index (κ3) is 5.80. The molecule has 0 saturated carbocycles. The van der Waals surface area contributed by atoms with Crippen molar-refractivity contribution < 1.29 is 0 Å². The van der Waals surface area contributed by atoms with E-state index in [-0.39, 0.29) is 0 Å². The molecule has 0 radical (unpaired) electrons. The molecule has 0 aliphatic rings. The molecule has 0 aromatic rings. The Hall–Kier alpha value is -0.0800. The molecule has 0 aliphatic heterocycles. The summed E-state index contributed by atoms with van der Waals surface area (Å²) in [4.78, 5) is 0. The first-order valence-corrected chi connectivity index (χ1v) is 3.66. The molecule has 0 aromatic carbocycles. The maximum Gasteiger partial charge on any atom is 0.0151 e. The van der Waals surface area contributed by atoms with Crippen molar-refractivity contribution in [2.45, 2.75) is 27.2 Å². The summed E-state index contributed by atoms with van der Waals surface area (Å²) in [7, 11) is 0. The zero-order chi connectivity index (χ0) is 7.28. The lowest BCUT2D eigenvalue weighted by Gasteiger charge is -2.16. The summed E-state index contributed by atoms with van der Waals surface area (Å²) >= 11 is 0. The fraction of sp³-hybridized carbons (Fsp3) is 1.00. The van der Waals surface area contributed by atoms with Crippen molar-refractivity contribution in [1.29, 1.82) is 0 Å². The number of hydrazine groups is 1. The van der Waals surface area contributed by atoms with Gasteiger partial charge in [0.2, 0.25) is 0 Å². The maximum atomic E-state index is 5.62. The lowest BCUT2D eigenvalue weighted by atomic mass is 10.2. The third-order valence-corrected chi connectivity index (χ3v) is 1.11. The van der Waals surface area contributed by atoms with Crippen LogP contribution >= 0.6 is 0 Å². The average Bonchev–Trinajstić information content (AvgIpc) is 1.63. The number of hydrogen-bond acceptors (Lipinski definition) is 2. The molecule has 2 heteroatoms. The summed E-state index contributed by atoms with van der Waals surface area (Å²) in [6.45, 7) is 8.51. The van der Waals surface area contributed by atoms with Gasteiger partial charge >= 0.3 is 0 Å². The molecule has 0 bridgehead atoms. The van der Waals surface area contributed by atoms with Gasteiger partial charge in [-0.25, -0.2) is 5.01 Å². The molecule has 0 aliphatic carbocycles. The Bertz CT molecular complexity index is 61.9. The van der Waals surface area contributed by atoms with Crippen LogP contribution in [0.1, 0.15) is 27.2 Å². The van der Waals surface area contributed by atoms with Crippen LogP contribution in [0.3, 0.4) is 0 Å². The summed E-state index contributed by atoms with van der Waals surface area (Å²) in [5, 5.41) is 1.88. The standard InChI is InChI=1S/C7H18N2/c1-4-5-9(8)6-7(2)3/h7H,4-6,8H2,1-3H3. The van der Waals surface area contributed by atoms with Crippen molar-refractivity contribution >= 4 is 0 Å². The van der Waals surface area contributed by atoms with Crippen molar-refractivity contribution in [2.75, 3.05) is 13.1 Å². The van der Waals surface area contributed by atoms with E-state index in [1.54, 1.807) is 0 Å². The van der Waals surface area contributed by atoms with Gasteiger partial charge in [0.05, 0.1) is 0 Å². The summed E-state index contributed by atoms with van der Waals surface area (Å²) in [5.74, 6) is 6.30. The van der Waals surface area contributed by atoms with Crippen molar-refractivity contribution in [2.24, 2.45) is 11.8 Å². The minimum Gasteiger partial charge on any atom is -0.269 e. The van der Waals surface area contributed by atoms with Gasteiger partial charge in [0.15, 0.2) is 0 Å². The average molecular weight is 130 g/mol. The molecule has 0 rings (SSSR count). The molecule has 0 saturated heterocycles. The van der Waals surface area contributed by atoms with Crippen molar-refractivity contribution in [3.63, 3.8) is 0 Å². The summed E-state index contributed by atoms with van der Waals surface area (Å²) in [6.07, 6.45) is 1.14. The van der Waals surface area contributed by atoms with Crippen molar-refractivity contribution in [3.05, 3.63) is 0 Å². The normalized spacial score (nSPS) is 11.3. The predicted octanol–water partition coefficient (Wildman–Crippen LogP) is 1.23. The largest absolute Gasteiger partial charge is 0.269 e. The number of nitrogens with zero attached hydrogens (tertiary/aromatic N) is 1. The minimum absolute atomic E-state index is 0.682. The summed E-state index contributed by atoms with van der Waals surface area (Å²) < 4.78 is 0. The van der Waals surface area contributed by atoms with Crippen molar-refractivity contribution in [3.8, 4) is 0 Å². The Balaban J connectivity index is 3.15. The van der Waals surface area contributed by atoms with E-state index in [1.807, 2.05) is 5.01 Å². The van der Waals surface area contributed by atoms with Gasteiger partial charge in [-0.15, -0.1) is 0 Å². The van der Waals surface area contributed by atoms with E-state index in [0.717, 1.165) is 19.5 Å². The van der Waals surface area contributed by atoms with Gasteiger partial charge in [-0.1, -0.05) is 20.8 Å². The highest BCUT2D eigenvalue weighted by Crippen LogP contribution is 1.93. The molecule has 0 fully saturated rings. The third-order valence-electron chi connectivity index (χ3n) is 1.11. The molecule has 0 amide bonds. The van der Waals surface area contributed by atoms with E-state index < -0.39 is 0 Å². The number of nitrogens with two attached hydrogens (primary N) is 1. The van der Waals surface area contributed by atoms with Crippen LogP contribution in [0.2, 0.25) is 0 Å². The van der Waals surface area contributed by atoms with E-state index in [2.05, 4.69) is 20.8 Å². The zero-order valence-corrected chi connectivity index (χ0v) is 6.72. The Morgan fingerprint density at radius 3 is 2.33 bits per heavy atom. The van der Waals surface area contributed by atoms with Crippen LogP contribution in [-0.2, 0) is 0 Å². The Morgan fingerprint density at radius 2 is 2.00 bits per heavy atom. The summed E-state index contributed by atoms with van der Waals surface area (Å²) in [6, 6.07) is 0. The monoisotopic (exact) mass is 130 g/mol. The van der Waals surface area contributed by atoms with E-state index in [0.29, 0.717) is 5.92 Å². The fourth-order valence-corrected chi connectivity index (χ4v) is 0.848. The molecule has 0 heterocycles. The first-order valence-electron chi connectivity index (χ1n) is 3.66. The van der Waals surface area contributed by atoms with Gasteiger partial charge in [-0.3, -0.25) is 5.84 Å². The van der Waals surface area contributed by atoms with Crippen LogP contribution in [0.5, 0.6) is 0 Å². The Kier molecular flexibility index (Phi) is 4.72. The molecule has 0 atom stereocenters. The van der Waals surface area contributed by atoms with Crippen LogP contribution in [0, 0.1) is 5.92 Å². The van der Waals surface area contributed by atoms with Crippen LogP contribution in [0.15, 0.2) is 0 Å².